The zero-order valence-corrected chi connectivity index (χ0v) is 11.4. The average Bonchev–Trinajstić information content (AvgIpc) is 2.39. The van der Waals surface area contributed by atoms with Crippen LogP contribution in [-0.2, 0) is 4.79 Å². The maximum Gasteiger partial charge on any atom is 0.221 e. The van der Waals surface area contributed by atoms with E-state index in [0.717, 1.165) is 19.4 Å². The van der Waals surface area contributed by atoms with E-state index in [1.807, 2.05) is 4.90 Å². The Balaban J connectivity index is 1.99. The van der Waals surface area contributed by atoms with Gasteiger partial charge in [-0.05, 0) is 31.5 Å². The largest absolute Gasteiger partial charge is 0.369 e. The van der Waals surface area contributed by atoms with Crippen molar-refractivity contribution in [2.45, 2.75) is 12.8 Å². The van der Waals surface area contributed by atoms with Gasteiger partial charge in [-0.25, -0.2) is 0 Å². The normalized spacial score (nSPS) is 20.2. The topological polar surface area (TPSA) is 63.4 Å². The molecule has 1 fully saturated rings. The van der Waals surface area contributed by atoms with Crippen LogP contribution < -0.4 is 5.73 Å². The molecule has 2 rings (SSSR count). The van der Waals surface area contributed by atoms with Crippen LogP contribution in [0.5, 0.6) is 0 Å². The third-order valence-electron chi connectivity index (χ3n) is 3.45. The van der Waals surface area contributed by atoms with Crippen LogP contribution >= 0.6 is 11.6 Å². The summed E-state index contributed by atoms with van der Waals surface area (Å²) in [7, 11) is 0. The molecule has 4 nitrogen and oxygen atoms in total. The molecule has 0 radical (unpaired) electrons. The van der Waals surface area contributed by atoms with E-state index in [-0.39, 0.29) is 24.2 Å². The SMILES string of the molecule is NC(=O)C1CCCN(CC(=O)c2ccccc2Cl)C1. The minimum absolute atomic E-state index is 0.0179. The summed E-state index contributed by atoms with van der Waals surface area (Å²) in [5.41, 5.74) is 5.86. The number of amides is 1. The van der Waals surface area contributed by atoms with Crippen LogP contribution in [0.2, 0.25) is 5.02 Å². The molecule has 1 amide bonds. The predicted octanol–water partition coefficient (Wildman–Crippen LogP) is 1.72. The summed E-state index contributed by atoms with van der Waals surface area (Å²) in [6.45, 7) is 1.67. The molecule has 0 spiro atoms. The molecule has 5 heteroatoms. The lowest BCUT2D eigenvalue weighted by Gasteiger charge is -2.30. The van der Waals surface area contributed by atoms with Crippen molar-refractivity contribution in [1.82, 2.24) is 4.90 Å². The quantitative estimate of drug-likeness (QED) is 0.854. The summed E-state index contributed by atoms with van der Waals surface area (Å²) in [5.74, 6) is -0.446. The first-order chi connectivity index (χ1) is 9.08. The van der Waals surface area contributed by atoms with Gasteiger partial charge in [-0.2, -0.15) is 0 Å². The van der Waals surface area contributed by atoms with Gasteiger partial charge in [0.05, 0.1) is 17.5 Å². The summed E-state index contributed by atoms with van der Waals surface area (Å²) in [6.07, 6.45) is 1.70. The number of carbonyl (C=O) groups excluding carboxylic acids is 2. The number of nitrogens with zero attached hydrogens (tertiary/aromatic N) is 1. The highest BCUT2D eigenvalue weighted by Gasteiger charge is 2.25. The number of likely N-dealkylation sites (tertiary alicyclic amines) is 1. The molecule has 1 unspecified atom stereocenters. The lowest BCUT2D eigenvalue weighted by atomic mass is 9.97. The van der Waals surface area contributed by atoms with E-state index in [9.17, 15) is 9.59 Å². The summed E-state index contributed by atoms with van der Waals surface area (Å²) >= 11 is 6.00. The van der Waals surface area contributed by atoms with Gasteiger partial charge in [-0.1, -0.05) is 23.7 Å². The molecular formula is C14H17ClN2O2. The molecule has 0 aromatic heterocycles. The molecule has 1 aromatic rings. The second-order valence-corrected chi connectivity index (χ2v) is 5.29. The molecule has 1 saturated heterocycles. The number of rotatable bonds is 4. The Morgan fingerprint density at radius 2 is 2.11 bits per heavy atom. The fourth-order valence-corrected chi connectivity index (χ4v) is 2.65. The third kappa shape index (κ3) is 3.55. The second-order valence-electron chi connectivity index (χ2n) is 4.88. The molecule has 1 aromatic carbocycles. The van der Waals surface area contributed by atoms with Crippen molar-refractivity contribution >= 4 is 23.3 Å². The molecule has 0 saturated carbocycles. The fourth-order valence-electron chi connectivity index (χ4n) is 2.41. The number of hydrogen-bond acceptors (Lipinski definition) is 3. The highest BCUT2D eigenvalue weighted by atomic mass is 35.5. The highest BCUT2D eigenvalue weighted by molar-refractivity contribution is 6.34. The molecule has 19 heavy (non-hydrogen) atoms. The van der Waals surface area contributed by atoms with Gasteiger partial charge < -0.3 is 5.73 Å². The molecule has 2 N–H and O–H groups in total. The van der Waals surface area contributed by atoms with Gasteiger partial charge in [0.25, 0.3) is 0 Å². The van der Waals surface area contributed by atoms with Crippen molar-refractivity contribution in [3.63, 3.8) is 0 Å². The van der Waals surface area contributed by atoms with E-state index in [1.54, 1.807) is 24.3 Å². The van der Waals surface area contributed by atoms with Gasteiger partial charge in [0.15, 0.2) is 5.78 Å². The van der Waals surface area contributed by atoms with E-state index in [0.29, 0.717) is 17.1 Å². The first-order valence-electron chi connectivity index (χ1n) is 6.37. The number of ketones is 1. The van der Waals surface area contributed by atoms with Gasteiger partial charge in [-0.15, -0.1) is 0 Å². The number of carbonyl (C=O) groups is 2. The van der Waals surface area contributed by atoms with Gasteiger partial charge in [0.1, 0.15) is 0 Å². The van der Waals surface area contributed by atoms with Gasteiger partial charge >= 0.3 is 0 Å². The fraction of sp³-hybridized carbons (Fsp3) is 0.429. The number of primary amides is 1. The first-order valence-corrected chi connectivity index (χ1v) is 6.75. The zero-order valence-electron chi connectivity index (χ0n) is 10.6. The van der Waals surface area contributed by atoms with Gasteiger partial charge in [0, 0.05) is 12.1 Å². The Morgan fingerprint density at radius 3 is 2.79 bits per heavy atom. The van der Waals surface area contributed by atoms with E-state index in [4.69, 9.17) is 17.3 Å². The maximum atomic E-state index is 12.2. The number of benzene rings is 1. The van der Waals surface area contributed by atoms with Crippen molar-refractivity contribution < 1.29 is 9.59 Å². The number of nitrogens with two attached hydrogens (primary N) is 1. The number of halogens is 1. The molecule has 102 valence electrons. The minimum Gasteiger partial charge on any atom is -0.369 e. The van der Waals surface area contributed by atoms with Crippen molar-refractivity contribution in [3.8, 4) is 0 Å². The van der Waals surface area contributed by atoms with Crippen LogP contribution in [0.4, 0.5) is 0 Å². The van der Waals surface area contributed by atoms with Crippen molar-refractivity contribution in [2.24, 2.45) is 11.7 Å². The third-order valence-corrected chi connectivity index (χ3v) is 3.78. The van der Waals surface area contributed by atoms with Crippen molar-refractivity contribution in [2.75, 3.05) is 19.6 Å². The molecule has 0 aliphatic carbocycles. The number of hydrogen-bond donors (Lipinski definition) is 1. The molecule has 1 atom stereocenters. The standard InChI is InChI=1S/C14H17ClN2O2/c15-12-6-2-1-5-11(12)13(18)9-17-7-3-4-10(8-17)14(16)19/h1-2,5-6,10H,3-4,7-9H2,(H2,16,19). The monoisotopic (exact) mass is 280 g/mol. The Labute approximate surface area is 117 Å². The van der Waals surface area contributed by atoms with Crippen molar-refractivity contribution in [1.29, 1.82) is 0 Å². The summed E-state index contributed by atoms with van der Waals surface area (Å²) in [5, 5.41) is 0.468. The van der Waals surface area contributed by atoms with Gasteiger partial charge in [-0.3, -0.25) is 14.5 Å². The van der Waals surface area contributed by atoms with Crippen LogP contribution in [0.1, 0.15) is 23.2 Å². The summed E-state index contributed by atoms with van der Waals surface area (Å²) in [6, 6.07) is 7.02. The molecule has 1 heterocycles. The van der Waals surface area contributed by atoms with Crippen LogP contribution in [0.25, 0.3) is 0 Å². The van der Waals surface area contributed by atoms with Crippen molar-refractivity contribution in [3.05, 3.63) is 34.9 Å². The minimum atomic E-state index is -0.283. The van der Waals surface area contributed by atoms with Crippen LogP contribution in [0, 0.1) is 5.92 Å². The van der Waals surface area contributed by atoms with E-state index in [1.165, 1.54) is 0 Å². The van der Waals surface area contributed by atoms with Crippen LogP contribution in [0.3, 0.4) is 0 Å². The Bertz CT molecular complexity index is 490. The Morgan fingerprint density at radius 1 is 1.37 bits per heavy atom. The Hall–Kier alpha value is -1.39. The zero-order chi connectivity index (χ0) is 13.8. The predicted molar refractivity (Wildman–Crippen MR) is 74.1 cm³/mol. The molecular weight excluding hydrogens is 264 g/mol. The first kappa shape index (κ1) is 14.0. The van der Waals surface area contributed by atoms with E-state index in [2.05, 4.69) is 0 Å². The van der Waals surface area contributed by atoms with Gasteiger partial charge in [0.2, 0.25) is 5.91 Å². The molecule has 0 bridgehead atoms. The summed E-state index contributed by atoms with van der Waals surface area (Å²) in [4.78, 5) is 25.3. The highest BCUT2D eigenvalue weighted by Crippen LogP contribution is 2.19. The number of Topliss-reactive ketones (excluding diaryl/α,β-unsaturated/α-hetero) is 1. The number of piperidine rings is 1. The Kier molecular flexibility index (Phi) is 4.56. The average molecular weight is 281 g/mol. The lowest BCUT2D eigenvalue weighted by Crippen LogP contribution is -2.43. The van der Waals surface area contributed by atoms with Crippen LogP contribution in [0.15, 0.2) is 24.3 Å². The van der Waals surface area contributed by atoms with Crippen LogP contribution in [-0.4, -0.2) is 36.2 Å². The maximum absolute atomic E-state index is 12.2. The molecule has 1 aliphatic heterocycles. The summed E-state index contributed by atoms with van der Waals surface area (Å²) < 4.78 is 0. The molecule has 1 aliphatic rings. The second kappa shape index (κ2) is 6.17. The van der Waals surface area contributed by atoms with E-state index < -0.39 is 0 Å². The smallest absolute Gasteiger partial charge is 0.221 e. The van der Waals surface area contributed by atoms with E-state index >= 15 is 0 Å². The lowest BCUT2D eigenvalue weighted by molar-refractivity contribution is -0.123.